The number of likely N-dealkylation sites (tertiary alicyclic amines) is 2. The number of hydrogen-bond acceptors (Lipinski definition) is 4. The normalized spacial score (nSPS) is 23.3. The minimum Gasteiger partial charge on any atom is -0.383 e. The average Bonchev–Trinajstić information content (AvgIpc) is 2.87. The van der Waals surface area contributed by atoms with E-state index < -0.39 is 5.92 Å². The van der Waals surface area contributed by atoms with Gasteiger partial charge in [-0.15, -0.1) is 0 Å². The zero-order valence-electron chi connectivity index (χ0n) is 14.6. The zero-order chi connectivity index (χ0) is 18.3. The van der Waals surface area contributed by atoms with Gasteiger partial charge in [-0.25, -0.2) is 13.8 Å². The molecule has 138 valence electrons. The summed E-state index contributed by atoms with van der Waals surface area (Å²) in [7, 11) is 1.52. The largest absolute Gasteiger partial charge is 0.383 e. The van der Waals surface area contributed by atoms with Crippen LogP contribution in [0.4, 0.5) is 8.78 Å². The fraction of sp³-hybridized carbons (Fsp3) is 0.474. The molecule has 7 heteroatoms. The van der Waals surface area contributed by atoms with Gasteiger partial charge in [-0.1, -0.05) is 24.3 Å². The highest BCUT2D eigenvalue weighted by molar-refractivity contribution is 5.95. The average molecular weight is 361 g/mol. The van der Waals surface area contributed by atoms with E-state index in [-0.39, 0.29) is 37.6 Å². The first kappa shape index (κ1) is 17.3. The second-order valence-corrected chi connectivity index (χ2v) is 7.09. The van der Waals surface area contributed by atoms with Crippen LogP contribution in [0.2, 0.25) is 0 Å². The lowest BCUT2D eigenvalue weighted by atomic mass is 10.0. The molecule has 0 N–H and O–H groups in total. The first-order valence-electron chi connectivity index (χ1n) is 8.74. The van der Waals surface area contributed by atoms with Crippen molar-refractivity contribution in [1.82, 2.24) is 14.8 Å². The maximum Gasteiger partial charge on any atom is 0.272 e. The van der Waals surface area contributed by atoms with Gasteiger partial charge in [0, 0.05) is 44.1 Å². The van der Waals surface area contributed by atoms with Crippen LogP contribution >= 0.6 is 0 Å². The van der Waals surface area contributed by atoms with Gasteiger partial charge in [0.05, 0.1) is 18.7 Å². The van der Waals surface area contributed by atoms with Gasteiger partial charge in [0.15, 0.2) is 0 Å². The van der Waals surface area contributed by atoms with Crippen molar-refractivity contribution < 1.29 is 18.3 Å². The number of methoxy groups -OCH3 is 1. The van der Waals surface area contributed by atoms with E-state index in [0.717, 1.165) is 10.9 Å². The van der Waals surface area contributed by atoms with Crippen molar-refractivity contribution in [1.29, 1.82) is 0 Å². The molecular weight excluding hydrogens is 340 g/mol. The maximum absolute atomic E-state index is 13.8. The predicted molar refractivity (Wildman–Crippen MR) is 93.4 cm³/mol. The third-order valence-electron chi connectivity index (χ3n) is 5.21. The van der Waals surface area contributed by atoms with Gasteiger partial charge in [0.25, 0.3) is 11.8 Å². The summed E-state index contributed by atoms with van der Waals surface area (Å²) in [5.74, 6) is -2.84. The van der Waals surface area contributed by atoms with Crippen LogP contribution in [0.1, 0.15) is 16.9 Å². The summed E-state index contributed by atoms with van der Waals surface area (Å²) < 4.78 is 32.6. The Hall–Kier alpha value is -2.12. The molecule has 26 heavy (non-hydrogen) atoms. The smallest absolute Gasteiger partial charge is 0.272 e. The number of para-hydroxylation sites is 1. The highest BCUT2D eigenvalue weighted by Crippen LogP contribution is 2.35. The zero-order valence-corrected chi connectivity index (χ0v) is 14.6. The Balaban J connectivity index is 1.42. The number of alkyl halides is 2. The van der Waals surface area contributed by atoms with Gasteiger partial charge < -0.3 is 9.64 Å². The molecule has 4 rings (SSSR count). The van der Waals surface area contributed by atoms with E-state index in [0.29, 0.717) is 18.8 Å². The second-order valence-electron chi connectivity index (χ2n) is 7.09. The Kier molecular flexibility index (Phi) is 4.36. The van der Waals surface area contributed by atoms with Crippen molar-refractivity contribution in [2.75, 3.05) is 33.4 Å². The third kappa shape index (κ3) is 3.17. The van der Waals surface area contributed by atoms with Gasteiger partial charge in [0.2, 0.25) is 0 Å². The fourth-order valence-electron chi connectivity index (χ4n) is 3.88. The Bertz CT molecular complexity index is 823. The van der Waals surface area contributed by atoms with E-state index in [2.05, 4.69) is 4.98 Å². The van der Waals surface area contributed by atoms with E-state index in [1.54, 1.807) is 15.9 Å². The predicted octanol–water partition coefficient (Wildman–Crippen LogP) is 2.42. The number of carbonyl (C=O) groups excluding carboxylic acids is 1. The topological polar surface area (TPSA) is 45.7 Å². The van der Waals surface area contributed by atoms with Crippen LogP contribution in [0.5, 0.6) is 0 Å². The Labute approximate surface area is 150 Å². The van der Waals surface area contributed by atoms with Gasteiger partial charge >= 0.3 is 0 Å². The minimum atomic E-state index is -2.69. The van der Waals surface area contributed by atoms with Gasteiger partial charge in [0.1, 0.15) is 5.69 Å². The lowest BCUT2D eigenvalue weighted by molar-refractivity contribution is -0.0137. The van der Waals surface area contributed by atoms with Gasteiger partial charge in [-0.2, -0.15) is 0 Å². The number of nitrogens with zero attached hydrogens (tertiary/aromatic N) is 3. The van der Waals surface area contributed by atoms with Crippen molar-refractivity contribution in [3.8, 4) is 0 Å². The summed E-state index contributed by atoms with van der Waals surface area (Å²) in [6.07, 6.45) is -0.183. The fourth-order valence-corrected chi connectivity index (χ4v) is 3.88. The molecule has 2 aromatic rings. The summed E-state index contributed by atoms with van der Waals surface area (Å²) in [5.41, 5.74) is 1.16. The van der Waals surface area contributed by atoms with E-state index in [4.69, 9.17) is 4.74 Å². The molecule has 0 unspecified atom stereocenters. The van der Waals surface area contributed by atoms with Crippen molar-refractivity contribution in [3.05, 3.63) is 42.1 Å². The highest BCUT2D eigenvalue weighted by Gasteiger charge is 2.50. The molecule has 5 nitrogen and oxygen atoms in total. The molecular formula is C19H21F2N3O2. The molecule has 0 radical (unpaired) electrons. The lowest BCUT2D eigenvalue weighted by Crippen LogP contribution is -2.62. The van der Waals surface area contributed by atoms with Crippen molar-refractivity contribution in [3.63, 3.8) is 0 Å². The number of rotatable bonds is 4. The van der Waals surface area contributed by atoms with Crippen LogP contribution in [0.25, 0.3) is 10.9 Å². The molecule has 3 heterocycles. The SMILES string of the molecule is COC[C@@H]1CC(F)(F)CN1C1CN(C(=O)c2ccc3ccccc3n2)C1. The summed E-state index contributed by atoms with van der Waals surface area (Å²) in [4.78, 5) is 20.5. The van der Waals surface area contributed by atoms with E-state index in [1.165, 1.54) is 7.11 Å². The van der Waals surface area contributed by atoms with Crippen LogP contribution in [0.3, 0.4) is 0 Å². The number of hydrogen-bond donors (Lipinski definition) is 0. The number of pyridine rings is 1. The minimum absolute atomic E-state index is 0.0482. The summed E-state index contributed by atoms with van der Waals surface area (Å²) in [5, 5.41) is 0.979. The lowest BCUT2D eigenvalue weighted by Gasteiger charge is -2.45. The number of amides is 1. The molecule has 0 saturated carbocycles. The molecule has 2 aliphatic heterocycles. The number of benzene rings is 1. The number of fused-ring (bicyclic) bond motifs is 1. The van der Waals surface area contributed by atoms with Crippen LogP contribution < -0.4 is 0 Å². The molecule has 1 amide bonds. The van der Waals surface area contributed by atoms with Crippen LogP contribution in [-0.2, 0) is 4.74 Å². The Morgan fingerprint density at radius 3 is 2.81 bits per heavy atom. The second kappa shape index (κ2) is 6.55. The molecule has 1 atom stereocenters. The number of aromatic nitrogens is 1. The highest BCUT2D eigenvalue weighted by atomic mass is 19.3. The Morgan fingerprint density at radius 1 is 1.27 bits per heavy atom. The number of carbonyl (C=O) groups is 1. The molecule has 1 aromatic heterocycles. The van der Waals surface area contributed by atoms with Crippen molar-refractivity contribution in [2.45, 2.75) is 24.4 Å². The van der Waals surface area contributed by atoms with Crippen LogP contribution in [0, 0.1) is 0 Å². The molecule has 2 saturated heterocycles. The van der Waals surface area contributed by atoms with Crippen LogP contribution in [0.15, 0.2) is 36.4 Å². The first-order valence-corrected chi connectivity index (χ1v) is 8.74. The van der Waals surface area contributed by atoms with E-state index in [1.807, 2.05) is 30.3 Å². The molecule has 2 aliphatic rings. The quantitative estimate of drug-likeness (QED) is 0.839. The summed E-state index contributed by atoms with van der Waals surface area (Å²) in [6, 6.07) is 10.9. The molecule has 0 aliphatic carbocycles. The molecule has 2 fully saturated rings. The third-order valence-corrected chi connectivity index (χ3v) is 5.21. The molecule has 0 spiro atoms. The Morgan fingerprint density at radius 2 is 2.04 bits per heavy atom. The van der Waals surface area contributed by atoms with Crippen molar-refractivity contribution in [2.24, 2.45) is 0 Å². The molecule has 1 aromatic carbocycles. The van der Waals surface area contributed by atoms with E-state index >= 15 is 0 Å². The monoisotopic (exact) mass is 361 g/mol. The summed E-state index contributed by atoms with van der Waals surface area (Å²) in [6.45, 7) is 0.918. The van der Waals surface area contributed by atoms with E-state index in [9.17, 15) is 13.6 Å². The number of ether oxygens (including phenoxy) is 1. The van der Waals surface area contributed by atoms with Gasteiger partial charge in [-0.3, -0.25) is 9.69 Å². The van der Waals surface area contributed by atoms with Gasteiger partial charge in [-0.05, 0) is 12.1 Å². The standard InChI is InChI=1S/C19H21F2N3O2/c1-26-11-14-8-19(20,21)12-24(14)15-9-23(10-15)18(25)17-7-6-13-4-2-3-5-16(13)22-17/h2-7,14-15H,8-12H2,1H3/t14-/m0/s1. The van der Waals surface area contributed by atoms with Crippen molar-refractivity contribution >= 4 is 16.8 Å². The first-order chi connectivity index (χ1) is 12.5. The maximum atomic E-state index is 13.8. The summed E-state index contributed by atoms with van der Waals surface area (Å²) >= 11 is 0. The number of halogens is 2. The van der Waals surface area contributed by atoms with Crippen LogP contribution in [-0.4, -0.2) is 72.0 Å². The molecule has 0 bridgehead atoms.